The quantitative estimate of drug-likeness (QED) is 0.714. The highest BCUT2D eigenvalue weighted by Crippen LogP contribution is 2.25. The van der Waals surface area contributed by atoms with Crippen LogP contribution in [0.4, 0.5) is 0 Å². The summed E-state index contributed by atoms with van der Waals surface area (Å²) in [6, 6.07) is 0. The van der Waals surface area contributed by atoms with E-state index < -0.39 is 0 Å². The first-order chi connectivity index (χ1) is 6.75. The van der Waals surface area contributed by atoms with Crippen molar-refractivity contribution in [3.8, 4) is 0 Å². The molecule has 2 N–H and O–H groups in total. The molecule has 0 aromatic heterocycles. The van der Waals surface area contributed by atoms with Crippen LogP contribution in [0, 0.1) is 16.7 Å². The Morgan fingerprint density at radius 3 is 2.07 bits per heavy atom. The van der Waals surface area contributed by atoms with Crippen LogP contribution in [0.5, 0.6) is 0 Å². The molecule has 0 saturated carbocycles. The topological polar surface area (TPSA) is 32.3 Å². The molecule has 92 valence electrons. The fourth-order valence-corrected chi connectivity index (χ4v) is 1.19. The van der Waals surface area contributed by atoms with Crippen molar-refractivity contribution < 1.29 is 5.11 Å². The van der Waals surface area contributed by atoms with Gasteiger partial charge in [-0.3, -0.25) is 0 Å². The van der Waals surface area contributed by atoms with Crippen LogP contribution in [-0.4, -0.2) is 24.8 Å². The Hall–Kier alpha value is -0.0800. The zero-order valence-corrected chi connectivity index (χ0v) is 11.4. The summed E-state index contributed by atoms with van der Waals surface area (Å²) in [7, 11) is 0. The third-order valence-corrected chi connectivity index (χ3v) is 3.72. The molecule has 0 heterocycles. The van der Waals surface area contributed by atoms with Crippen LogP contribution in [0.15, 0.2) is 0 Å². The summed E-state index contributed by atoms with van der Waals surface area (Å²) >= 11 is 0. The average Bonchev–Trinajstić information content (AvgIpc) is 2.16. The SMILES string of the molecule is CCC(C)(CO)CNCC(C)C(C)(C)C. The summed E-state index contributed by atoms with van der Waals surface area (Å²) in [4.78, 5) is 0. The van der Waals surface area contributed by atoms with Gasteiger partial charge in [0.2, 0.25) is 0 Å². The highest BCUT2D eigenvalue weighted by atomic mass is 16.3. The normalized spacial score (nSPS) is 18.6. The van der Waals surface area contributed by atoms with Crippen LogP contribution >= 0.6 is 0 Å². The van der Waals surface area contributed by atoms with E-state index in [2.05, 4.69) is 46.9 Å². The second-order valence-corrected chi connectivity index (χ2v) is 6.22. The van der Waals surface area contributed by atoms with Crippen LogP contribution in [0.1, 0.15) is 48.0 Å². The number of rotatable bonds is 6. The fourth-order valence-electron chi connectivity index (χ4n) is 1.19. The van der Waals surface area contributed by atoms with Crippen LogP contribution in [-0.2, 0) is 0 Å². The van der Waals surface area contributed by atoms with Crippen molar-refractivity contribution in [3.05, 3.63) is 0 Å². The molecule has 15 heavy (non-hydrogen) atoms. The number of nitrogens with one attached hydrogen (secondary N) is 1. The largest absolute Gasteiger partial charge is 0.396 e. The van der Waals surface area contributed by atoms with Crippen molar-refractivity contribution in [1.29, 1.82) is 0 Å². The highest BCUT2D eigenvalue weighted by molar-refractivity contribution is 4.77. The molecule has 0 aromatic rings. The van der Waals surface area contributed by atoms with E-state index in [4.69, 9.17) is 0 Å². The van der Waals surface area contributed by atoms with E-state index in [1.165, 1.54) is 0 Å². The Kier molecular flexibility index (Phi) is 5.82. The molecule has 2 atom stereocenters. The first-order valence-electron chi connectivity index (χ1n) is 6.07. The summed E-state index contributed by atoms with van der Waals surface area (Å²) < 4.78 is 0. The Bertz CT molecular complexity index is 168. The monoisotopic (exact) mass is 215 g/mol. The molecule has 0 bridgehead atoms. The Morgan fingerprint density at radius 1 is 1.20 bits per heavy atom. The number of aliphatic hydroxyl groups excluding tert-OH is 1. The molecular weight excluding hydrogens is 186 g/mol. The summed E-state index contributed by atoms with van der Waals surface area (Å²) in [5.74, 6) is 0.650. The van der Waals surface area contributed by atoms with Crippen molar-refractivity contribution in [3.63, 3.8) is 0 Å². The molecule has 0 aromatic carbocycles. The smallest absolute Gasteiger partial charge is 0.0496 e. The van der Waals surface area contributed by atoms with Gasteiger partial charge in [-0.25, -0.2) is 0 Å². The molecule has 0 saturated heterocycles. The molecule has 0 fully saturated rings. The molecule has 0 aliphatic rings. The van der Waals surface area contributed by atoms with Crippen LogP contribution in [0.2, 0.25) is 0 Å². The van der Waals surface area contributed by atoms with Gasteiger partial charge in [0, 0.05) is 18.6 Å². The van der Waals surface area contributed by atoms with Gasteiger partial charge in [-0.2, -0.15) is 0 Å². The van der Waals surface area contributed by atoms with Gasteiger partial charge in [-0.15, -0.1) is 0 Å². The number of hydrogen-bond donors (Lipinski definition) is 2. The lowest BCUT2D eigenvalue weighted by Crippen LogP contribution is -2.38. The third kappa shape index (κ3) is 5.53. The lowest BCUT2D eigenvalue weighted by atomic mass is 9.81. The molecular formula is C13H29NO. The maximum atomic E-state index is 9.27. The van der Waals surface area contributed by atoms with E-state index in [9.17, 15) is 5.11 Å². The number of aliphatic hydroxyl groups is 1. The Morgan fingerprint density at radius 2 is 1.73 bits per heavy atom. The molecule has 0 aliphatic heterocycles. The number of hydrogen-bond acceptors (Lipinski definition) is 2. The second-order valence-electron chi connectivity index (χ2n) is 6.22. The standard InChI is InChI=1S/C13H29NO/c1-7-13(6,10-15)9-14-8-11(2)12(3,4)5/h11,14-15H,7-10H2,1-6H3. The predicted octanol–water partition coefficient (Wildman–Crippen LogP) is 2.67. The molecule has 0 aliphatic carbocycles. The van der Waals surface area contributed by atoms with E-state index in [0.717, 1.165) is 19.5 Å². The summed E-state index contributed by atoms with van der Waals surface area (Å²) in [5.41, 5.74) is 0.395. The van der Waals surface area contributed by atoms with Crippen LogP contribution in [0.25, 0.3) is 0 Å². The van der Waals surface area contributed by atoms with E-state index >= 15 is 0 Å². The van der Waals surface area contributed by atoms with Gasteiger partial charge < -0.3 is 10.4 Å². The third-order valence-electron chi connectivity index (χ3n) is 3.72. The molecule has 0 amide bonds. The van der Waals surface area contributed by atoms with E-state index in [1.54, 1.807) is 0 Å². The maximum Gasteiger partial charge on any atom is 0.0496 e. The van der Waals surface area contributed by atoms with Gasteiger partial charge >= 0.3 is 0 Å². The Balaban J connectivity index is 3.89. The first-order valence-corrected chi connectivity index (χ1v) is 6.07. The van der Waals surface area contributed by atoms with E-state index in [-0.39, 0.29) is 12.0 Å². The highest BCUT2D eigenvalue weighted by Gasteiger charge is 2.23. The predicted molar refractivity (Wildman–Crippen MR) is 67.0 cm³/mol. The first kappa shape index (κ1) is 14.9. The molecule has 2 unspecified atom stereocenters. The van der Waals surface area contributed by atoms with Crippen molar-refractivity contribution in [2.75, 3.05) is 19.7 Å². The van der Waals surface area contributed by atoms with Gasteiger partial charge in [0.05, 0.1) is 0 Å². The lowest BCUT2D eigenvalue weighted by Gasteiger charge is -2.31. The van der Waals surface area contributed by atoms with Crippen LogP contribution in [0.3, 0.4) is 0 Å². The summed E-state index contributed by atoms with van der Waals surface area (Å²) in [5, 5.41) is 12.7. The zero-order chi connectivity index (χ0) is 12.1. The Labute approximate surface area is 95.5 Å². The van der Waals surface area contributed by atoms with Crippen molar-refractivity contribution in [1.82, 2.24) is 5.32 Å². The summed E-state index contributed by atoms with van der Waals surface area (Å²) in [6.07, 6.45) is 1.01. The minimum absolute atomic E-state index is 0.0393. The molecule has 0 radical (unpaired) electrons. The lowest BCUT2D eigenvalue weighted by molar-refractivity contribution is 0.130. The molecule has 0 rings (SSSR count). The van der Waals surface area contributed by atoms with Crippen molar-refractivity contribution in [2.45, 2.75) is 48.0 Å². The second kappa shape index (κ2) is 5.86. The fraction of sp³-hybridized carbons (Fsp3) is 1.00. The minimum atomic E-state index is 0.0393. The van der Waals surface area contributed by atoms with Gasteiger partial charge in [0.1, 0.15) is 0 Å². The summed E-state index contributed by atoms with van der Waals surface area (Å²) in [6.45, 7) is 15.5. The minimum Gasteiger partial charge on any atom is -0.396 e. The van der Waals surface area contributed by atoms with Crippen molar-refractivity contribution in [2.24, 2.45) is 16.7 Å². The van der Waals surface area contributed by atoms with Gasteiger partial charge in [0.25, 0.3) is 0 Å². The van der Waals surface area contributed by atoms with Gasteiger partial charge in [-0.05, 0) is 24.3 Å². The van der Waals surface area contributed by atoms with Crippen LogP contribution < -0.4 is 5.32 Å². The zero-order valence-electron chi connectivity index (χ0n) is 11.4. The van der Waals surface area contributed by atoms with Gasteiger partial charge in [0.15, 0.2) is 0 Å². The average molecular weight is 215 g/mol. The van der Waals surface area contributed by atoms with E-state index in [0.29, 0.717) is 11.3 Å². The maximum absolute atomic E-state index is 9.27. The van der Waals surface area contributed by atoms with E-state index in [1.807, 2.05) is 0 Å². The molecule has 2 heteroatoms. The molecule has 0 spiro atoms. The van der Waals surface area contributed by atoms with Crippen molar-refractivity contribution >= 4 is 0 Å². The van der Waals surface area contributed by atoms with Gasteiger partial charge in [-0.1, -0.05) is 41.5 Å². The molecule has 2 nitrogen and oxygen atoms in total.